The molecule has 0 atom stereocenters. The molecule has 2 rings (SSSR count). The summed E-state index contributed by atoms with van der Waals surface area (Å²) in [6.45, 7) is 8.24. The van der Waals surface area contributed by atoms with Crippen molar-refractivity contribution in [2.75, 3.05) is 12.0 Å². The van der Waals surface area contributed by atoms with Crippen LogP contribution in [0.4, 0.5) is 5.69 Å². The largest absolute Gasteiger partial charge is 0.497 e. The van der Waals surface area contributed by atoms with Crippen LogP contribution in [0.3, 0.4) is 0 Å². The predicted molar refractivity (Wildman–Crippen MR) is 89.4 cm³/mol. The van der Waals surface area contributed by atoms with E-state index in [1.54, 1.807) is 0 Å². The van der Waals surface area contributed by atoms with Crippen molar-refractivity contribution in [3.8, 4) is 16.9 Å². The molecule has 2 aromatic carbocycles. The lowest BCUT2D eigenvalue weighted by molar-refractivity contribution is 0.383. The molecule has 0 saturated carbocycles. The normalized spacial score (nSPS) is 10.6. The van der Waals surface area contributed by atoms with Crippen molar-refractivity contribution >= 4 is 20.6 Å². The maximum atomic E-state index is 5.94. The monoisotopic (exact) mass is 282 g/mol. The molecule has 0 saturated heterocycles. The number of hydrogen-bond acceptors (Lipinski definition) is 2. The zero-order valence-electron chi connectivity index (χ0n) is 12.0. The molecule has 0 aliphatic rings. The number of ether oxygens (including phenoxy) is 1. The number of benzene rings is 2. The fourth-order valence-corrected chi connectivity index (χ4v) is 2.36. The van der Waals surface area contributed by atoms with Crippen molar-refractivity contribution in [3.63, 3.8) is 0 Å². The topological polar surface area (TPSA) is 35.2 Å². The molecule has 103 valence electrons. The first-order valence-corrected chi connectivity index (χ1v) is 9.35. The van der Waals surface area contributed by atoms with Crippen LogP contribution < -0.4 is 10.5 Å². The third kappa shape index (κ3) is 3.51. The van der Waals surface area contributed by atoms with Crippen LogP contribution in [0.5, 0.6) is 5.75 Å². The highest BCUT2D eigenvalue weighted by Crippen LogP contribution is 2.32. The molecule has 0 fully saturated rings. The molecule has 0 aromatic heterocycles. The predicted octanol–water partition coefficient (Wildman–Crippen LogP) is 4.25. The van der Waals surface area contributed by atoms with Gasteiger partial charge in [0.15, 0.2) is 0 Å². The molecule has 0 bridgehead atoms. The van der Waals surface area contributed by atoms with E-state index < -0.39 is 8.80 Å². The van der Waals surface area contributed by atoms with E-state index in [4.69, 9.17) is 10.5 Å². The molecule has 0 unspecified atom stereocenters. The Morgan fingerprint density at radius 3 is 2.45 bits per heavy atom. The lowest BCUT2D eigenvalue weighted by Crippen LogP contribution is -2.14. The SMILES string of the molecule is C=Cc1ccc(-c2ccc(N)cc2OC[Si](C)C)cc1. The molecule has 0 heterocycles. The van der Waals surface area contributed by atoms with Gasteiger partial charge in [-0.05, 0) is 23.3 Å². The highest BCUT2D eigenvalue weighted by atomic mass is 28.3. The third-order valence-corrected chi connectivity index (χ3v) is 3.70. The molecule has 2 N–H and O–H groups in total. The van der Waals surface area contributed by atoms with Crippen molar-refractivity contribution in [1.82, 2.24) is 0 Å². The molecule has 20 heavy (non-hydrogen) atoms. The Morgan fingerprint density at radius 2 is 1.85 bits per heavy atom. The molecular formula is C17H20NOSi. The minimum absolute atomic E-state index is 0.430. The minimum Gasteiger partial charge on any atom is -0.497 e. The first-order chi connectivity index (χ1) is 9.60. The summed E-state index contributed by atoms with van der Waals surface area (Å²) < 4.78 is 5.94. The average Bonchev–Trinajstić information content (AvgIpc) is 2.45. The average molecular weight is 282 g/mol. The number of rotatable bonds is 5. The molecule has 1 radical (unpaired) electrons. The van der Waals surface area contributed by atoms with Gasteiger partial charge in [0.05, 0.1) is 15.0 Å². The molecule has 0 aliphatic carbocycles. The Hall–Kier alpha value is -2.00. The highest BCUT2D eigenvalue weighted by molar-refractivity contribution is 6.55. The van der Waals surface area contributed by atoms with Crippen molar-refractivity contribution in [1.29, 1.82) is 0 Å². The first kappa shape index (κ1) is 14.4. The van der Waals surface area contributed by atoms with Gasteiger partial charge in [-0.15, -0.1) is 0 Å². The molecular weight excluding hydrogens is 262 g/mol. The van der Waals surface area contributed by atoms with E-state index in [1.165, 1.54) is 0 Å². The fraction of sp³-hybridized carbons (Fsp3) is 0.176. The van der Waals surface area contributed by atoms with E-state index in [0.29, 0.717) is 0 Å². The number of hydrogen-bond donors (Lipinski definition) is 1. The van der Waals surface area contributed by atoms with Crippen molar-refractivity contribution in [2.24, 2.45) is 0 Å². The highest BCUT2D eigenvalue weighted by Gasteiger charge is 2.08. The van der Waals surface area contributed by atoms with Crippen molar-refractivity contribution in [3.05, 3.63) is 54.6 Å². The van der Waals surface area contributed by atoms with Gasteiger partial charge in [0.1, 0.15) is 5.75 Å². The maximum absolute atomic E-state index is 5.94. The van der Waals surface area contributed by atoms with Gasteiger partial charge in [-0.1, -0.05) is 50.0 Å². The summed E-state index contributed by atoms with van der Waals surface area (Å²) in [5.74, 6) is 0.863. The van der Waals surface area contributed by atoms with Crippen LogP contribution in [0, 0.1) is 0 Å². The molecule has 0 aliphatic heterocycles. The van der Waals surface area contributed by atoms with Crippen LogP contribution in [0.25, 0.3) is 17.2 Å². The van der Waals surface area contributed by atoms with Crippen LogP contribution in [0.1, 0.15) is 5.56 Å². The fourth-order valence-electron chi connectivity index (χ4n) is 1.92. The third-order valence-electron chi connectivity index (χ3n) is 2.98. The molecule has 2 nitrogen and oxygen atoms in total. The second-order valence-corrected chi connectivity index (χ2v) is 7.78. The number of nitrogens with two attached hydrogens (primary N) is 1. The summed E-state index contributed by atoms with van der Waals surface area (Å²) in [5, 5.41) is 0. The molecule has 0 amide bonds. The van der Waals surface area contributed by atoms with E-state index in [-0.39, 0.29) is 0 Å². The van der Waals surface area contributed by atoms with E-state index in [1.807, 2.05) is 24.3 Å². The molecule has 2 aromatic rings. The Balaban J connectivity index is 2.35. The Morgan fingerprint density at radius 1 is 1.15 bits per heavy atom. The summed E-state index contributed by atoms with van der Waals surface area (Å²) in [5.41, 5.74) is 9.92. The summed E-state index contributed by atoms with van der Waals surface area (Å²) in [6, 6.07) is 14.1. The van der Waals surface area contributed by atoms with Crippen molar-refractivity contribution in [2.45, 2.75) is 13.1 Å². The van der Waals surface area contributed by atoms with Gasteiger partial charge in [0.2, 0.25) is 0 Å². The van der Waals surface area contributed by atoms with E-state index in [9.17, 15) is 0 Å². The Kier molecular flexibility index (Phi) is 4.64. The van der Waals surface area contributed by atoms with Crippen LogP contribution in [0.2, 0.25) is 13.1 Å². The standard InChI is InChI=1S/C17H20NOSi/c1-4-13-5-7-14(8-6-13)16-10-9-15(18)11-17(16)19-12-20(2)3/h4-11H,1,12,18H2,2-3H3. The van der Waals surface area contributed by atoms with Gasteiger partial charge in [-0.3, -0.25) is 0 Å². The van der Waals surface area contributed by atoms with Gasteiger partial charge in [-0.25, -0.2) is 0 Å². The number of nitrogen functional groups attached to an aromatic ring is 1. The lowest BCUT2D eigenvalue weighted by Gasteiger charge is -2.14. The van der Waals surface area contributed by atoms with Crippen molar-refractivity contribution < 1.29 is 4.74 Å². The van der Waals surface area contributed by atoms with Crippen LogP contribution in [0.15, 0.2) is 49.0 Å². The summed E-state index contributed by atoms with van der Waals surface area (Å²) in [7, 11) is -0.430. The molecule has 3 heteroatoms. The van der Waals surface area contributed by atoms with Gasteiger partial charge >= 0.3 is 0 Å². The maximum Gasteiger partial charge on any atom is 0.128 e. The second-order valence-electron chi connectivity index (χ2n) is 5.08. The zero-order chi connectivity index (χ0) is 14.5. The Labute approximate surface area is 122 Å². The minimum atomic E-state index is -0.430. The summed E-state index contributed by atoms with van der Waals surface area (Å²) >= 11 is 0. The molecule has 0 spiro atoms. The van der Waals surface area contributed by atoms with E-state index in [0.717, 1.165) is 34.4 Å². The lowest BCUT2D eigenvalue weighted by atomic mass is 10.0. The summed E-state index contributed by atoms with van der Waals surface area (Å²) in [6.07, 6.45) is 2.62. The van der Waals surface area contributed by atoms with E-state index in [2.05, 4.69) is 43.9 Å². The Bertz CT molecular complexity index is 590. The van der Waals surface area contributed by atoms with Crippen LogP contribution in [-0.2, 0) is 0 Å². The van der Waals surface area contributed by atoms with Gasteiger partial charge < -0.3 is 10.5 Å². The van der Waals surface area contributed by atoms with Gasteiger partial charge in [0, 0.05) is 17.3 Å². The van der Waals surface area contributed by atoms with Crippen LogP contribution in [-0.4, -0.2) is 15.0 Å². The second kappa shape index (κ2) is 6.44. The number of anilines is 1. The van der Waals surface area contributed by atoms with Gasteiger partial charge in [0.25, 0.3) is 0 Å². The summed E-state index contributed by atoms with van der Waals surface area (Å²) in [4.78, 5) is 0. The quantitative estimate of drug-likeness (QED) is 0.657. The zero-order valence-corrected chi connectivity index (χ0v) is 13.0. The smallest absolute Gasteiger partial charge is 0.128 e. The van der Waals surface area contributed by atoms with Crippen LogP contribution >= 0.6 is 0 Å². The van der Waals surface area contributed by atoms with Gasteiger partial charge in [-0.2, -0.15) is 0 Å². The first-order valence-electron chi connectivity index (χ1n) is 6.64. The van der Waals surface area contributed by atoms with E-state index >= 15 is 0 Å².